The van der Waals surface area contributed by atoms with Gasteiger partial charge in [-0.15, -0.1) is 0 Å². The molecule has 1 aliphatic carbocycles. The zero-order valence-electron chi connectivity index (χ0n) is 11.2. The van der Waals surface area contributed by atoms with Gasteiger partial charge in [-0.25, -0.2) is 0 Å². The first-order valence-electron chi connectivity index (χ1n) is 6.74. The maximum atomic E-state index is 9.00. The number of nitrogens with two attached hydrogens (primary N) is 1. The Kier molecular flexibility index (Phi) is 4.71. The number of hydrogen-bond donors (Lipinski definition) is 2. The van der Waals surface area contributed by atoms with E-state index < -0.39 is 0 Å². The molecule has 18 heavy (non-hydrogen) atoms. The van der Waals surface area contributed by atoms with Gasteiger partial charge in [0.1, 0.15) is 0 Å². The van der Waals surface area contributed by atoms with Gasteiger partial charge in [-0.3, -0.25) is 0 Å². The van der Waals surface area contributed by atoms with E-state index in [2.05, 4.69) is 38.1 Å². The van der Waals surface area contributed by atoms with Gasteiger partial charge in [0.15, 0.2) is 0 Å². The highest BCUT2D eigenvalue weighted by atomic mass is 32.2. The predicted octanol–water partition coefficient (Wildman–Crippen LogP) is 3.07. The molecule has 0 saturated carbocycles. The van der Waals surface area contributed by atoms with Crippen LogP contribution in [0.2, 0.25) is 0 Å². The van der Waals surface area contributed by atoms with Crippen molar-refractivity contribution < 1.29 is 5.11 Å². The Morgan fingerprint density at radius 3 is 2.72 bits per heavy atom. The molecule has 0 fully saturated rings. The molecule has 0 saturated heterocycles. The molecule has 0 amide bonds. The molecular formula is C15H23NOS. The molecule has 0 aliphatic heterocycles. The van der Waals surface area contributed by atoms with Gasteiger partial charge in [0.2, 0.25) is 0 Å². The quantitative estimate of drug-likeness (QED) is 0.879. The molecule has 1 aliphatic rings. The van der Waals surface area contributed by atoms with Crippen LogP contribution in [0.1, 0.15) is 49.8 Å². The summed E-state index contributed by atoms with van der Waals surface area (Å²) in [5.74, 6) is 0.583. The van der Waals surface area contributed by atoms with Gasteiger partial charge in [0.25, 0.3) is 0 Å². The van der Waals surface area contributed by atoms with Gasteiger partial charge in [0, 0.05) is 23.1 Å². The van der Waals surface area contributed by atoms with E-state index >= 15 is 0 Å². The summed E-state index contributed by atoms with van der Waals surface area (Å²) in [6.07, 6.45) is 1.99. The number of fused-ring (bicyclic) bond motifs is 1. The van der Waals surface area contributed by atoms with Gasteiger partial charge >= 0.3 is 0 Å². The fraction of sp³-hybridized carbons (Fsp3) is 0.600. The lowest BCUT2D eigenvalue weighted by Gasteiger charge is -2.35. The van der Waals surface area contributed by atoms with Gasteiger partial charge in [0.05, 0.1) is 0 Å². The summed E-state index contributed by atoms with van der Waals surface area (Å²) in [6.45, 7) is 4.73. The molecule has 2 rings (SSSR count). The molecule has 1 aromatic carbocycles. The summed E-state index contributed by atoms with van der Waals surface area (Å²) in [7, 11) is 0. The van der Waals surface area contributed by atoms with Crippen LogP contribution in [-0.2, 0) is 0 Å². The van der Waals surface area contributed by atoms with E-state index in [9.17, 15) is 0 Å². The minimum absolute atomic E-state index is 0.128. The number of rotatable bonds is 4. The SMILES string of the molecule is CC(CCO)SC1CC(C)c2ccccc2C1N. The van der Waals surface area contributed by atoms with Crippen molar-refractivity contribution in [3.05, 3.63) is 35.4 Å². The molecular weight excluding hydrogens is 242 g/mol. The molecule has 0 heterocycles. The molecule has 2 nitrogen and oxygen atoms in total. The Morgan fingerprint density at radius 1 is 1.39 bits per heavy atom. The summed E-state index contributed by atoms with van der Waals surface area (Å²) >= 11 is 1.94. The van der Waals surface area contributed by atoms with E-state index in [0.717, 1.165) is 12.8 Å². The Balaban J connectivity index is 2.13. The third-order valence-corrected chi connectivity index (χ3v) is 5.35. The average Bonchev–Trinajstić information content (AvgIpc) is 2.36. The molecule has 4 unspecified atom stereocenters. The van der Waals surface area contributed by atoms with Gasteiger partial charge < -0.3 is 10.8 Å². The van der Waals surface area contributed by atoms with E-state index in [4.69, 9.17) is 10.8 Å². The lowest BCUT2D eigenvalue weighted by molar-refractivity contribution is 0.288. The molecule has 4 atom stereocenters. The van der Waals surface area contributed by atoms with Crippen molar-refractivity contribution in [3.8, 4) is 0 Å². The fourth-order valence-corrected chi connectivity index (χ4v) is 4.33. The van der Waals surface area contributed by atoms with E-state index in [-0.39, 0.29) is 12.6 Å². The first kappa shape index (κ1) is 13.9. The minimum atomic E-state index is 0.128. The molecule has 1 aromatic rings. The second-order valence-electron chi connectivity index (χ2n) is 5.29. The Morgan fingerprint density at radius 2 is 2.06 bits per heavy atom. The number of benzene rings is 1. The maximum Gasteiger partial charge on any atom is 0.0441 e. The maximum absolute atomic E-state index is 9.00. The zero-order chi connectivity index (χ0) is 13.1. The van der Waals surface area contributed by atoms with Crippen molar-refractivity contribution in [2.45, 2.75) is 49.1 Å². The first-order chi connectivity index (χ1) is 8.63. The van der Waals surface area contributed by atoms with Crippen LogP contribution in [0, 0.1) is 0 Å². The normalized spacial score (nSPS) is 28.8. The zero-order valence-corrected chi connectivity index (χ0v) is 12.0. The summed E-state index contributed by atoms with van der Waals surface area (Å²) in [5, 5.41) is 9.94. The second kappa shape index (κ2) is 6.09. The lowest BCUT2D eigenvalue weighted by Crippen LogP contribution is -2.32. The van der Waals surface area contributed by atoms with Gasteiger partial charge in [-0.1, -0.05) is 38.1 Å². The Bertz CT molecular complexity index is 396. The standard InChI is InChI=1S/C15H23NOS/c1-10-9-14(18-11(2)7-8-17)15(16)13-6-4-3-5-12(10)13/h3-6,10-11,14-15,17H,7-9,16H2,1-2H3. The van der Waals surface area contributed by atoms with Gasteiger partial charge in [-0.05, 0) is 29.9 Å². The van der Waals surface area contributed by atoms with Crippen LogP contribution in [0.4, 0.5) is 0 Å². The molecule has 0 aromatic heterocycles. The van der Waals surface area contributed by atoms with E-state index in [1.54, 1.807) is 0 Å². The van der Waals surface area contributed by atoms with Crippen molar-refractivity contribution >= 4 is 11.8 Å². The summed E-state index contributed by atoms with van der Waals surface area (Å²) in [5.41, 5.74) is 9.14. The lowest BCUT2D eigenvalue weighted by atomic mass is 9.81. The predicted molar refractivity (Wildman–Crippen MR) is 78.9 cm³/mol. The van der Waals surface area contributed by atoms with E-state index in [1.165, 1.54) is 11.1 Å². The molecule has 0 spiro atoms. The molecule has 0 bridgehead atoms. The minimum Gasteiger partial charge on any atom is -0.396 e. The number of hydrogen-bond acceptors (Lipinski definition) is 3. The number of aliphatic hydroxyl groups is 1. The van der Waals surface area contributed by atoms with Crippen LogP contribution in [0.3, 0.4) is 0 Å². The third kappa shape index (κ3) is 2.90. The average molecular weight is 265 g/mol. The topological polar surface area (TPSA) is 46.2 Å². The number of thioether (sulfide) groups is 1. The van der Waals surface area contributed by atoms with Crippen LogP contribution < -0.4 is 5.73 Å². The Hall–Kier alpha value is -0.510. The smallest absolute Gasteiger partial charge is 0.0441 e. The van der Waals surface area contributed by atoms with Crippen molar-refractivity contribution in [2.24, 2.45) is 5.73 Å². The van der Waals surface area contributed by atoms with Crippen LogP contribution in [0.15, 0.2) is 24.3 Å². The number of aliphatic hydroxyl groups excluding tert-OH is 1. The van der Waals surface area contributed by atoms with Crippen LogP contribution in [0.5, 0.6) is 0 Å². The summed E-state index contributed by atoms with van der Waals surface area (Å²) < 4.78 is 0. The molecule has 3 N–H and O–H groups in total. The first-order valence-corrected chi connectivity index (χ1v) is 7.68. The Labute approximate surface area is 114 Å². The molecule has 100 valence electrons. The molecule has 3 heteroatoms. The van der Waals surface area contributed by atoms with Crippen molar-refractivity contribution in [2.75, 3.05) is 6.61 Å². The molecule has 0 radical (unpaired) electrons. The van der Waals surface area contributed by atoms with Crippen molar-refractivity contribution in [3.63, 3.8) is 0 Å². The summed E-state index contributed by atoms with van der Waals surface area (Å²) in [4.78, 5) is 0. The second-order valence-corrected chi connectivity index (χ2v) is 6.97. The highest BCUT2D eigenvalue weighted by Crippen LogP contribution is 2.42. The third-order valence-electron chi connectivity index (χ3n) is 3.82. The van der Waals surface area contributed by atoms with Crippen LogP contribution in [-0.4, -0.2) is 22.2 Å². The monoisotopic (exact) mass is 265 g/mol. The van der Waals surface area contributed by atoms with E-state index in [1.807, 2.05) is 11.8 Å². The fourth-order valence-electron chi connectivity index (χ4n) is 2.77. The highest BCUT2D eigenvalue weighted by Gasteiger charge is 2.31. The van der Waals surface area contributed by atoms with Crippen molar-refractivity contribution in [1.29, 1.82) is 0 Å². The van der Waals surface area contributed by atoms with E-state index in [0.29, 0.717) is 16.4 Å². The van der Waals surface area contributed by atoms with Gasteiger partial charge in [-0.2, -0.15) is 11.8 Å². The largest absolute Gasteiger partial charge is 0.396 e. The summed E-state index contributed by atoms with van der Waals surface area (Å²) in [6, 6.07) is 8.68. The highest BCUT2D eigenvalue weighted by molar-refractivity contribution is 8.00. The van der Waals surface area contributed by atoms with Crippen LogP contribution in [0.25, 0.3) is 0 Å². The van der Waals surface area contributed by atoms with Crippen molar-refractivity contribution in [1.82, 2.24) is 0 Å². The van der Waals surface area contributed by atoms with Crippen LogP contribution >= 0.6 is 11.8 Å².